The Morgan fingerprint density at radius 3 is 1.79 bits per heavy atom. The van der Waals surface area contributed by atoms with Gasteiger partial charge in [0.1, 0.15) is 0 Å². The minimum Gasteiger partial charge on any atom is -0.0616 e. The van der Waals surface area contributed by atoms with Crippen molar-refractivity contribution >= 4 is 21.5 Å². The number of fused-ring (bicyclic) bond motifs is 2. The van der Waals surface area contributed by atoms with E-state index in [1.54, 1.807) is 0 Å². The second kappa shape index (κ2) is 5.49. The van der Waals surface area contributed by atoms with Crippen molar-refractivity contribution in [2.45, 2.75) is 27.7 Å². The van der Waals surface area contributed by atoms with Crippen LogP contribution >= 0.6 is 0 Å². The van der Waals surface area contributed by atoms with E-state index in [9.17, 15) is 0 Å². The second-order valence-corrected chi connectivity index (χ2v) is 6.89. The summed E-state index contributed by atoms with van der Waals surface area (Å²) in [5.41, 5.74) is 8.03. The Balaban J connectivity index is 2.25. The van der Waals surface area contributed by atoms with Gasteiger partial charge in [-0.3, -0.25) is 0 Å². The third kappa shape index (κ3) is 2.22. The highest BCUT2D eigenvalue weighted by Gasteiger charge is 2.13. The molecule has 24 heavy (non-hydrogen) atoms. The molecule has 4 aromatic rings. The Bertz CT molecular complexity index is 1070. The zero-order chi connectivity index (χ0) is 16.8. The van der Waals surface area contributed by atoms with Crippen LogP contribution in [0.1, 0.15) is 22.3 Å². The molecule has 0 N–H and O–H groups in total. The molecule has 4 rings (SSSR count). The molecule has 0 nitrogen and oxygen atoms in total. The van der Waals surface area contributed by atoms with Crippen molar-refractivity contribution in [1.29, 1.82) is 0 Å². The minimum absolute atomic E-state index is 1.30. The van der Waals surface area contributed by atoms with E-state index in [1.807, 2.05) is 0 Å². The van der Waals surface area contributed by atoms with Crippen LogP contribution in [-0.4, -0.2) is 0 Å². The van der Waals surface area contributed by atoms with Crippen molar-refractivity contribution in [1.82, 2.24) is 0 Å². The van der Waals surface area contributed by atoms with Crippen LogP contribution in [0, 0.1) is 27.7 Å². The average molecular weight is 310 g/mol. The Morgan fingerprint density at radius 2 is 1.12 bits per heavy atom. The molecule has 0 saturated carbocycles. The molecule has 0 saturated heterocycles. The topological polar surface area (TPSA) is 0 Å². The third-order valence-electron chi connectivity index (χ3n) is 5.25. The van der Waals surface area contributed by atoms with Gasteiger partial charge in [0.15, 0.2) is 0 Å². The van der Waals surface area contributed by atoms with Gasteiger partial charge in [-0.05, 0) is 77.1 Å². The van der Waals surface area contributed by atoms with Crippen LogP contribution in [0.3, 0.4) is 0 Å². The Hall–Kier alpha value is -2.60. The summed E-state index contributed by atoms with van der Waals surface area (Å²) in [7, 11) is 0. The molecule has 0 unspecified atom stereocenters. The fourth-order valence-electron chi connectivity index (χ4n) is 3.68. The van der Waals surface area contributed by atoms with Crippen molar-refractivity contribution in [3.05, 3.63) is 82.9 Å². The molecule has 0 amide bonds. The first-order valence-corrected chi connectivity index (χ1v) is 8.55. The highest BCUT2D eigenvalue weighted by molar-refractivity contribution is 6.15. The molecule has 0 fully saturated rings. The predicted octanol–water partition coefficient (Wildman–Crippen LogP) is 6.89. The van der Waals surface area contributed by atoms with Gasteiger partial charge in [0.05, 0.1) is 0 Å². The summed E-state index contributed by atoms with van der Waals surface area (Å²) in [6, 6.07) is 22.4. The van der Waals surface area contributed by atoms with Crippen molar-refractivity contribution in [3.8, 4) is 11.1 Å². The molecule has 0 heterocycles. The van der Waals surface area contributed by atoms with E-state index in [-0.39, 0.29) is 0 Å². The Labute approximate surface area is 143 Å². The summed E-state index contributed by atoms with van der Waals surface area (Å²) in [5.74, 6) is 0. The molecule has 0 aromatic heterocycles. The van der Waals surface area contributed by atoms with Gasteiger partial charge in [0.2, 0.25) is 0 Å². The zero-order valence-corrected chi connectivity index (χ0v) is 14.8. The number of aryl methyl sites for hydroxylation is 4. The van der Waals surface area contributed by atoms with Gasteiger partial charge >= 0.3 is 0 Å². The smallest absolute Gasteiger partial charge is 0.00265 e. The van der Waals surface area contributed by atoms with Gasteiger partial charge in [0.25, 0.3) is 0 Å². The SMILES string of the molecule is Cc1ccc(-c2c3ccccc3c(C)c3cc(C)c(C)cc23)cc1. The summed E-state index contributed by atoms with van der Waals surface area (Å²) in [6.45, 7) is 8.80. The van der Waals surface area contributed by atoms with E-state index in [0.717, 1.165) is 0 Å². The third-order valence-corrected chi connectivity index (χ3v) is 5.25. The van der Waals surface area contributed by atoms with Crippen LogP contribution in [0.4, 0.5) is 0 Å². The van der Waals surface area contributed by atoms with Gasteiger partial charge in [-0.2, -0.15) is 0 Å². The van der Waals surface area contributed by atoms with Crippen LogP contribution in [0.5, 0.6) is 0 Å². The van der Waals surface area contributed by atoms with Crippen LogP contribution in [-0.2, 0) is 0 Å². The summed E-state index contributed by atoms with van der Waals surface area (Å²) < 4.78 is 0. The van der Waals surface area contributed by atoms with E-state index in [1.165, 1.54) is 54.9 Å². The van der Waals surface area contributed by atoms with Crippen LogP contribution < -0.4 is 0 Å². The first-order valence-electron chi connectivity index (χ1n) is 8.55. The van der Waals surface area contributed by atoms with E-state index in [0.29, 0.717) is 0 Å². The predicted molar refractivity (Wildman–Crippen MR) is 106 cm³/mol. The molecule has 0 radical (unpaired) electrons. The van der Waals surface area contributed by atoms with Crippen LogP contribution in [0.15, 0.2) is 60.7 Å². The molecule has 0 spiro atoms. The first kappa shape index (κ1) is 15.0. The molecule has 0 heteroatoms. The lowest BCUT2D eigenvalue weighted by molar-refractivity contribution is 1.36. The maximum atomic E-state index is 2.36. The largest absolute Gasteiger partial charge is 0.0616 e. The monoisotopic (exact) mass is 310 g/mol. The van der Waals surface area contributed by atoms with Crippen LogP contribution in [0.2, 0.25) is 0 Å². The molecule has 0 aliphatic rings. The summed E-state index contributed by atoms with van der Waals surface area (Å²) in [5, 5.41) is 5.42. The first-order chi connectivity index (χ1) is 11.6. The highest BCUT2D eigenvalue weighted by Crippen LogP contribution is 2.39. The number of hydrogen-bond acceptors (Lipinski definition) is 0. The summed E-state index contributed by atoms with van der Waals surface area (Å²) in [6.07, 6.45) is 0. The molecule has 0 bridgehead atoms. The lowest BCUT2D eigenvalue weighted by Gasteiger charge is -2.17. The number of hydrogen-bond donors (Lipinski definition) is 0. The second-order valence-electron chi connectivity index (χ2n) is 6.89. The Kier molecular flexibility index (Phi) is 3.42. The van der Waals surface area contributed by atoms with Crippen molar-refractivity contribution in [3.63, 3.8) is 0 Å². The molecular weight excluding hydrogens is 288 g/mol. The molecule has 118 valence electrons. The van der Waals surface area contributed by atoms with Crippen molar-refractivity contribution < 1.29 is 0 Å². The highest BCUT2D eigenvalue weighted by atomic mass is 14.2. The van der Waals surface area contributed by atoms with E-state index in [2.05, 4.69) is 88.4 Å². The molecular formula is C24H22. The molecule has 0 aliphatic carbocycles. The maximum Gasteiger partial charge on any atom is -0.00265 e. The van der Waals surface area contributed by atoms with Gasteiger partial charge in [-0.25, -0.2) is 0 Å². The Morgan fingerprint density at radius 1 is 0.542 bits per heavy atom. The summed E-state index contributed by atoms with van der Waals surface area (Å²) >= 11 is 0. The van der Waals surface area contributed by atoms with E-state index >= 15 is 0 Å². The molecule has 0 aliphatic heterocycles. The van der Waals surface area contributed by atoms with Gasteiger partial charge < -0.3 is 0 Å². The zero-order valence-electron chi connectivity index (χ0n) is 14.8. The van der Waals surface area contributed by atoms with E-state index < -0.39 is 0 Å². The van der Waals surface area contributed by atoms with Crippen molar-refractivity contribution in [2.75, 3.05) is 0 Å². The minimum atomic E-state index is 1.30. The van der Waals surface area contributed by atoms with Crippen molar-refractivity contribution in [2.24, 2.45) is 0 Å². The standard InChI is InChI=1S/C24H22/c1-15-9-11-19(12-10-15)24-21-8-6-5-7-20(21)18(4)22-13-16(2)17(3)14-23(22)24/h5-14H,1-4H3. The fourth-order valence-corrected chi connectivity index (χ4v) is 3.68. The van der Waals surface area contributed by atoms with Crippen LogP contribution in [0.25, 0.3) is 32.7 Å². The van der Waals surface area contributed by atoms with Gasteiger partial charge in [0, 0.05) is 0 Å². The van der Waals surface area contributed by atoms with Gasteiger partial charge in [-0.15, -0.1) is 0 Å². The fraction of sp³-hybridized carbons (Fsp3) is 0.167. The normalized spacial score (nSPS) is 11.3. The quantitative estimate of drug-likeness (QED) is 0.336. The van der Waals surface area contributed by atoms with Gasteiger partial charge in [-0.1, -0.05) is 66.2 Å². The average Bonchev–Trinajstić information content (AvgIpc) is 2.59. The lowest BCUT2D eigenvalue weighted by atomic mass is 9.87. The lowest BCUT2D eigenvalue weighted by Crippen LogP contribution is -1.92. The number of benzene rings is 4. The maximum absolute atomic E-state index is 2.36. The molecule has 0 atom stereocenters. The molecule has 4 aromatic carbocycles. The summed E-state index contributed by atoms with van der Waals surface area (Å²) in [4.78, 5) is 0. The number of rotatable bonds is 1. The van der Waals surface area contributed by atoms with E-state index in [4.69, 9.17) is 0 Å².